The summed E-state index contributed by atoms with van der Waals surface area (Å²) in [5.74, 6) is -1.03. The molecule has 3 heterocycles. The number of carbonyl (C=O) groups excluding carboxylic acids is 2. The van der Waals surface area contributed by atoms with Gasteiger partial charge in [0.15, 0.2) is 0 Å². The molecule has 128 valence electrons. The Labute approximate surface area is 150 Å². The first-order chi connectivity index (χ1) is 12.5. The number of non-ortho nitro benzene ring substituents is 1. The molecule has 1 aliphatic rings. The zero-order valence-corrected chi connectivity index (χ0v) is 14.0. The van der Waals surface area contributed by atoms with Gasteiger partial charge in [-0.05, 0) is 18.2 Å². The molecule has 0 unspecified atom stereocenters. The van der Waals surface area contributed by atoms with Gasteiger partial charge in [0.25, 0.3) is 17.5 Å². The van der Waals surface area contributed by atoms with Crippen LogP contribution in [0.25, 0.3) is 10.7 Å². The van der Waals surface area contributed by atoms with Crippen LogP contribution in [0.1, 0.15) is 26.4 Å². The van der Waals surface area contributed by atoms with Gasteiger partial charge in [-0.25, -0.2) is 4.98 Å². The predicted molar refractivity (Wildman–Crippen MR) is 92.6 cm³/mol. The molecule has 2 aromatic heterocycles. The van der Waals surface area contributed by atoms with Crippen molar-refractivity contribution in [2.75, 3.05) is 0 Å². The number of rotatable bonds is 4. The van der Waals surface area contributed by atoms with E-state index in [2.05, 4.69) is 9.97 Å². The van der Waals surface area contributed by atoms with E-state index in [9.17, 15) is 19.7 Å². The van der Waals surface area contributed by atoms with Crippen LogP contribution in [0.4, 0.5) is 5.69 Å². The van der Waals surface area contributed by atoms with Gasteiger partial charge >= 0.3 is 0 Å². The van der Waals surface area contributed by atoms with Crippen LogP contribution in [0.3, 0.4) is 0 Å². The second kappa shape index (κ2) is 6.12. The van der Waals surface area contributed by atoms with E-state index in [-0.39, 0.29) is 23.4 Å². The standard InChI is InChI=1S/C17H10N4O4S/c22-16-12-5-4-11(21(24)25)7-13(12)17(23)20(16)8-10-9-26-15(19-10)14-3-1-2-6-18-14/h1-7,9H,8H2. The number of nitrogens with zero attached hydrogens (tertiary/aromatic N) is 4. The third-order valence-corrected chi connectivity index (χ3v) is 4.83. The molecule has 26 heavy (non-hydrogen) atoms. The van der Waals surface area contributed by atoms with Gasteiger partial charge in [-0.15, -0.1) is 11.3 Å². The van der Waals surface area contributed by atoms with Gasteiger partial charge < -0.3 is 0 Å². The summed E-state index contributed by atoms with van der Waals surface area (Å²) >= 11 is 1.37. The Morgan fingerprint density at radius 3 is 2.65 bits per heavy atom. The van der Waals surface area contributed by atoms with Crippen molar-refractivity contribution in [2.24, 2.45) is 0 Å². The molecule has 0 aliphatic carbocycles. The van der Waals surface area contributed by atoms with Crippen molar-refractivity contribution in [1.82, 2.24) is 14.9 Å². The van der Waals surface area contributed by atoms with E-state index in [1.165, 1.54) is 23.5 Å². The van der Waals surface area contributed by atoms with E-state index in [1.54, 1.807) is 17.6 Å². The largest absolute Gasteiger partial charge is 0.270 e. The average Bonchev–Trinajstić information content (AvgIpc) is 3.22. The molecule has 9 heteroatoms. The first kappa shape index (κ1) is 16.0. The summed E-state index contributed by atoms with van der Waals surface area (Å²) in [6.07, 6.45) is 1.66. The van der Waals surface area contributed by atoms with Crippen LogP contribution < -0.4 is 0 Å². The number of nitro benzene ring substituents is 1. The fourth-order valence-corrected chi connectivity index (χ4v) is 3.47. The molecular formula is C17H10N4O4S. The zero-order chi connectivity index (χ0) is 18.3. The van der Waals surface area contributed by atoms with Crippen molar-refractivity contribution in [3.8, 4) is 10.7 Å². The van der Waals surface area contributed by atoms with Crippen LogP contribution in [0.15, 0.2) is 48.0 Å². The van der Waals surface area contributed by atoms with E-state index in [1.807, 2.05) is 12.1 Å². The zero-order valence-electron chi connectivity index (χ0n) is 13.2. The minimum absolute atomic E-state index is 0.00345. The molecule has 1 aromatic carbocycles. The van der Waals surface area contributed by atoms with Crippen LogP contribution in [0.5, 0.6) is 0 Å². The number of amides is 2. The van der Waals surface area contributed by atoms with Crippen LogP contribution in [0, 0.1) is 10.1 Å². The molecule has 4 rings (SSSR count). The number of nitro groups is 1. The molecule has 0 radical (unpaired) electrons. The van der Waals surface area contributed by atoms with Crippen LogP contribution in [0.2, 0.25) is 0 Å². The van der Waals surface area contributed by atoms with Gasteiger partial charge in [0.05, 0.1) is 34.0 Å². The third kappa shape index (κ3) is 2.64. The van der Waals surface area contributed by atoms with Crippen LogP contribution in [-0.4, -0.2) is 31.6 Å². The second-order valence-corrected chi connectivity index (χ2v) is 6.40. The van der Waals surface area contributed by atoms with Crippen LogP contribution >= 0.6 is 11.3 Å². The summed E-state index contributed by atoms with van der Waals surface area (Å²) in [7, 11) is 0. The molecular weight excluding hydrogens is 356 g/mol. The van der Waals surface area contributed by atoms with E-state index < -0.39 is 16.7 Å². The van der Waals surface area contributed by atoms with E-state index >= 15 is 0 Å². The van der Waals surface area contributed by atoms with Gasteiger partial charge in [-0.1, -0.05) is 6.07 Å². The molecule has 2 amide bonds. The highest BCUT2D eigenvalue weighted by atomic mass is 32.1. The fraction of sp³-hybridized carbons (Fsp3) is 0.0588. The quantitative estimate of drug-likeness (QED) is 0.399. The molecule has 0 N–H and O–H groups in total. The Hall–Kier alpha value is -3.46. The molecule has 1 aliphatic heterocycles. The van der Waals surface area contributed by atoms with Crippen molar-refractivity contribution < 1.29 is 14.5 Å². The smallest absolute Gasteiger partial charge is 0.269 e. The minimum atomic E-state index is -0.597. The monoisotopic (exact) mass is 366 g/mol. The topological polar surface area (TPSA) is 106 Å². The summed E-state index contributed by atoms with van der Waals surface area (Å²) < 4.78 is 0. The molecule has 0 bridgehead atoms. The Morgan fingerprint density at radius 2 is 1.92 bits per heavy atom. The highest BCUT2D eigenvalue weighted by molar-refractivity contribution is 7.13. The number of imide groups is 1. The summed E-state index contributed by atoms with van der Waals surface area (Å²) in [6.45, 7) is 0.00345. The number of aromatic nitrogens is 2. The van der Waals surface area contributed by atoms with Gasteiger partial charge in [0.2, 0.25) is 0 Å². The number of hydrogen-bond acceptors (Lipinski definition) is 7. The SMILES string of the molecule is O=C1c2ccc([N+](=O)[O-])cc2C(=O)N1Cc1csc(-c2ccccn2)n1. The average molecular weight is 366 g/mol. The van der Waals surface area contributed by atoms with E-state index in [4.69, 9.17) is 0 Å². The van der Waals surface area contributed by atoms with Crippen molar-refractivity contribution in [3.63, 3.8) is 0 Å². The Morgan fingerprint density at radius 1 is 1.12 bits per heavy atom. The first-order valence-electron chi connectivity index (χ1n) is 7.55. The number of pyridine rings is 1. The Bertz CT molecular complexity index is 1050. The molecule has 0 spiro atoms. The molecule has 0 atom stereocenters. The molecule has 0 fully saturated rings. The molecule has 3 aromatic rings. The number of hydrogen-bond donors (Lipinski definition) is 0. The number of fused-ring (bicyclic) bond motifs is 1. The summed E-state index contributed by atoms with van der Waals surface area (Å²) in [4.78, 5) is 44.9. The molecule has 0 saturated heterocycles. The first-order valence-corrected chi connectivity index (χ1v) is 8.43. The summed E-state index contributed by atoms with van der Waals surface area (Å²) in [5.41, 5.74) is 1.25. The second-order valence-electron chi connectivity index (χ2n) is 5.54. The van der Waals surface area contributed by atoms with Crippen molar-refractivity contribution in [3.05, 3.63) is 74.9 Å². The maximum absolute atomic E-state index is 12.5. The number of thiazole rings is 1. The highest BCUT2D eigenvalue weighted by Gasteiger charge is 2.37. The highest BCUT2D eigenvalue weighted by Crippen LogP contribution is 2.29. The van der Waals surface area contributed by atoms with Gasteiger partial charge in [0, 0.05) is 23.7 Å². The van der Waals surface area contributed by atoms with Crippen molar-refractivity contribution >= 4 is 28.8 Å². The lowest BCUT2D eigenvalue weighted by Crippen LogP contribution is -2.29. The molecule has 8 nitrogen and oxygen atoms in total. The van der Waals surface area contributed by atoms with Crippen LogP contribution in [-0.2, 0) is 6.54 Å². The Kier molecular flexibility index (Phi) is 3.77. The van der Waals surface area contributed by atoms with Gasteiger partial charge in [-0.3, -0.25) is 29.6 Å². The van der Waals surface area contributed by atoms with Gasteiger partial charge in [0.1, 0.15) is 5.01 Å². The number of benzene rings is 1. The third-order valence-electron chi connectivity index (χ3n) is 3.92. The summed E-state index contributed by atoms with van der Waals surface area (Å²) in [5, 5.41) is 13.3. The lowest BCUT2D eigenvalue weighted by Gasteiger charge is -2.11. The van der Waals surface area contributed by atoms with Gasteiger partial charge in [-0.2, -0.15) is 0 Å². The molecule has 0 saturated carbocycles. The lowest BCUT2D eigenvalue weighted by atomic mass is 10.1. The van der Waals surface area contributed by atoms with Crippen molar-refractivity contribution in [1.29, 1.82) is 0 Å². The van der Waals surface area contributed by atoms with E-state index in [0.717, 1.165) is 11.0 Å². The normalized spacial score (nSPS) is 13.2. The van der Waals surface area contributed by atoms with E-state index in [0.29, 0.717) is 16.4 Å². The maximum atomic E-state index is 12.5. The Balaban J connectivity index is 1.60. The minimum Gasteiger partial charge on any atom is -0.269 e. The fourth-order valence-electron chi connectivity index (χ4n) is 2.68. The van der Waals surface area contributed by atoms with Crippen molar-refractivity contribution in [2.45, 2.75) is 6.54 Å². The lowest BCUT2D eigenvalue weighted by molar-refractivity contribution is -0.384. The maximum Gasteiger partial charge on any atom is 0.270 e. The summed E-state index contributed by atoms with van der Waals surface area (Å²) in [6, 6.07) is 9.14. The number of carbonyl (C=O) groups is 2. The predicted octanol–water partition coefficient (Wildman–Crippen LogP) is 2.91.